The Morgan fingerprint density at radius 2 is 2.00 bits per heavy atom. The van der Waals surface area contributed by atoms with E-state index >= 15 is 0 Å². The van der Waals surface area contributed by atoms with Gasteiger partial charge in [-0.1, -0.05) is 6.07 Å². The molecule has 1 N–H and O–H groups in total. The summed E-state index contributed by atoms with van der Waals surface area (Å²) in [6.07, 6.45) is 2.06. The highest BCUT2D eigenvalue weighted by Gasteiger charge is 2.14. The highest BCUT2D eigenvalue weighted by molar-refractivity contribution is 5.44. The Balaban J connectivity index is 1.67. The fourth-order valence-electron chi connectivity index (χ4n) is 2.38. The van der Waals surface area contributed by atoms with E-state index in [4.69, 9.17) is 9.47 Å². The smallest absolute Gasteiger partial charge is 0.161 e. The second-order valence-corrected chi connectivity index (χ2v) is 5.12. The number of aryl methyl sites for hydroxylation is 1. The number of rotatable bonds is 4. The lowest BCUT2D eigenvalue weighted by Crippen LogP contribution is -2.20. The largest absolute Gasteiger partial charge is 0.486 e. The lowest BCUT2D eigenvalue weighted by Gasteiger charge is -2.21. The molecule has 20 heavy (non-hydrogen) atoms. The molecule has 4 heteroatoms. The molecule has 3 rings (SSSR count). The van der Waals surface area contributed by atoms with Crippen LogP contribution in [-0.2, 0) is 13.6 Å². The van der Waals surface area contributed by atoms with E-state index in [-0.39, 0.29) is 6.04 Å². The minimum absolute atomic E-state index is 0.265. The van der Waals surface area contributed by atoms with Crippen LogP contribution < -0.4 is 14.8 Å². The minimum atomic E-state index is 0.265. The van der Waals surface area contributed by atoms with Gasteiger partial charge >= 0.3 is 0 Å². The van der Waals surface area contributed by atoms with E-state index in [0.717, 1.165) is 18.0 Å². The quantitative estimate of drug-likeness (QED) is 0.929. The van der Waals surface area contributed by atoms with Gasteiger partial charge in [0.1, 0.15) is 13.2 Å². The first kappa shape index (κ1) is 13.1. The van der Waals surface area contributed by atoms with E-state index in [0.29, 0.717) is 13.2 Å². The van der Waals surface area contributed by atoms with E-state index in [2.05, 4.69) is 54.3 Å². The van der Waals surface area contributed by atoms with E-state index in [1.807, 2.05) is 6.07 Å². The number of nitrogens with zero attached hydrogens (tertiary/aromatic N) is 1. The van der Waals surface area contributed by atoms with Gasteiger partial charge in [-0.05, 0) is 36.8 Å². The van der Waals surface area contributed by atoms with Crippen LogP contribution in [0.3, 0.4) is 0 Å². The molecule has 0 saturated heterocycles. The first-order valence-electron chi connectivity index (χ1n) is 6.97. The summed E-state index contributed by atoms with van der Waals surface area (Å²) in [6.45, 7) is 4.27. The summed E-state index contributed by atoms with van der Waals surface area (Å²) in [5.41, 5.74) is 2.48. The van der Waals surface area contributed by atoms with Gasteiger partial charge in [0.2, 0.25) is 0 Å². The molecule has 1 aliphatic heterocycles. The van der Waals surface area contributed by atoms with E-state index in [1.54, 1.807) is 0 Å². The SMILES string of the molecule is C[C@@H](NCc1cccn1C)c1ccc2c(c1)OCCO2. The number of ether oxygens (including phenoxy) is 2. The van der Waals surface area contributed by atoms with Crippen molar-refractivity contribution < 1.29 is 9.47 Å². The van der Waals surface area contributed by atoms with Crippen LogP contribution in [0.5, 0.6) is 11.5 Å². The first-order valence-corrected chi connectivity index (χ1v) is 6.97. The zero-order valence-corrected chi connectivity index (χ0v) is 11.9. The predicted octanol–water partition coefficient (Wildman–Crippen LogP) is 2.65. The summed E-state index contributed by atoms with van der Waals surface area (Å²) in [7, 11) is 2.06. The van der Waals surface area contributed by atoms with Crippen LogP contribution in [0.15, 0.2) is 36.5 Å². The number of fused-ring (bicyclic) bond motifs is 1. The molecular weight excluding hydrogens is 252 g/mol. The van der Waals surface area contributed by atoms with Crippen molar-refractivity contribution in [2.75, 3.05) is 13.2 Å². The average molecular weight is 272 g/mol. The minimum Gasteiger partial charge on any atom is -0.486 e. The van der Waals surface area contributed by atoms with Crippen molar-refractivity contribution in [1.29, 1.82) is 0 Å². The Labute approximate surface area is 119 Å². The van der Waals surface area contributed by atoms with Crippen molar-refractivity contribution in [3.8, 4) is 11.5 Å². The second-order valence-electron chi connectivity index (χ2n) is 5.12. The molecule has 1 atom stereocenters. The monoisotopic (exact) mass is 272 g/mol. The molecule has 0 saturated carbocycles. The maximum atomic E-state index is 5.63. The predicted molar refractivity (Wildman–Crippen MR) is 78.1 cm³/mol. The van der Waals surface area contributed by atoms with Crippen molar-refractivity contribution in [3.05, 3.63) is 47.8 Å². The number of hydrogen-bond donors (Lipinski definition) is 1. The van der Waals surface area contributed by atoms with E-state index in [9.17, 15) is 0 Å². The number of hydrogen-bond acceptors (Lipinski definition) is 3. The first-order chi connectivity index (χ1) is 9.74. The van der Waals surface area contributed by atoms with Crippen LogP contribution in [-0.4, -0.2) is 17.8 Å². The summed E-state index contributed by atoms with van der Waals surface area (Å²) >= 11 is 0. The standard InChI is InChI=1S/C16H20N2O2/c1-12(17-11-14-4-3-7-18(14)2)13-5-6-15-16(10-13)20-9-8-19-15/h3-7,10,12,17H,8-9,11H2,1-2H3/t12-/m1/s1. The van der Waals surface area contributed by atoms with Gasteiger partial charge in [-0.2, -0.15) is 0 Å². The van der Waals surface area contributed by atoms with E-state index in [1.165, 1.54) is 11.3 Å². The molecule has 0 amide bonds. The molecule has 1 aromatic carbocycles. The Morgan fingerprint density at radius 3 is 2.75 bits per heavy atom. The molecule has 2 heterocycles. The Morgan fingerprint density at radius 1 is 1.20 bits per heavy atom. The number of aromatic nitrogens is 1. The van der Waals surface area contributed by atoms with Gasteiger partial charge in [-0.25, -0.2) is 0 Å². The Kier molecular flexibility index (Phi) is 3.65. The Hall–Kier alpha value is -1.94. The lowest BCUT2D eigenvalue weighted by atomic mass is 10.1. The zero-order valence-electron chi connectivity index (χ0n) is 11.9. The van der Waals surface area contributed by atoms with Crippen LogP contribution in [0, 0.1) is 0 Å². The molecule has 1 aromatic heterocycles. The van der Waals surface area contributed by atoms with Gasteiger partial charge in [0.15, 0.2) is 11.5 Å². The molecule has 0 radical (unpaired) electrons. The van der Waals surface area contributed by atoms with Crippen molar-refractivity contribution in [2.45, 2.75) is 19.5 Å². The topological polar surface area (TPSA) is 35.4 Å². The highest BCUT2D eigenvalue weighted by Crippen LogP contribution is 2.32. The van der Waals surface area contributed by atoms with Crippen molar-refractivity contribution in [2.24, 2.45) is 7.05 Å². The molecule has 0 aliphatic carbocycles. The summed E-state index contributed by atoms with van der Waals surface area (Å²) in [5, 5.41) is 3.53. The van der Waals surface area contributed by atoms with Crippen LogP contribution in [0.4, 0.5) is 0 Å². The van der Waals surface area contributed by atoms with E-state index < -0.39 is 0 Å². The maximum Gasteiger partial charge on any atom is 0.161 e. The van der Waals surface area contributed by atoms with Gasteiger partial charge < -0.3 is 19.4 Å². The molecule has 4 nitrogen and oxygen atoms in total. The fourth-order valence-corrected chi connectivity index (χ4v) is 2.38. The third-order valence-corrected chi connectivity index (χ3v) is 3.71. The molecule has 0 bridgehead atoms. The zero-order chi connectivity index (χ0) is 13.9. The average Bonchev–Trinajstić information content (AvgIpc) is 2.89. The molecular formula is C16H20N2O2. The Bertz CT molecular complexity index is 592. The molecule has 0 spiro atoms. The van der Waals surface area contributed by atoms with Crippen molar-refractivity contribution in [3.63, 3.8) is 0 Å². The van der Waals surface area contributed by atoms with Gasteiger partial charge in [-0.3, -0.25) is 0 Å². The van der Waals surface area contributed by atoms with Gasteiger partial charge in [-0.15, -0.1) is 0 Å². The summed E-state index contributed by atoms with van der Waals surface area (Å²) in [4.78, 5) is 0. The van der Waals surface area contributed by atoms with Crippen LogP contribution in [0.2, 0.25) is 0 Å². The lowest BCUT2D eigenvalue weighted by molar-refractivity contribution is 0.171. The summed E-state index contributed by atoms with van der Waals surface area (Å²) in [5.74, 6) is 1.69. The molecule has 2 aromatic rings. The van der Waals surface area contributed by atoms with Gasteiger partial charge in [0, 0.05) is 31.5 Å². The number of nitrogens with one attached hydrogen (secondary N) is 1. The third-order valence-electron chi connectivity index (χ3n) is 3.71. The molecule has 0 fully saturated rings. The number of benzene rings is 1. The molecule has 106 valence electrons. The maximum absolute atomic E-state index is 5.63. The van der Waals surface area contributed by atoms with Crippen LogP contribution in [0.1, 0.15) is 24.2 Å². The summed E-state index contributed by atoms with van der Waals surface area (Å²) in [6, 6.07) is 10.6. The van der Waals surface area contributed by atoms with Crippen LogP contribution >= 0.6 is 0 Å². The normalized spacial score (nSPS) is 15.1. The van der Waals surface area contributed by atoms with Gasteiger partial charge in [0.25, 0.3) is 0 Å². The van der Waals surface area contributed by atoms with Gasteiger partial charge in [0.05, 0.1) is 0 Å². The van der Waals surface area contributed by atoms with Crippen LogP contribution in [0.25, 0.3) is 0 Å². The fraction of sp³-hybridized carbons (Fsp3) is 0.375. The second kappa shape index (κ2) is 5.59. The van der Waals surface area contributed by atoms with Crippen molar-refractivity contribution in [1.82, 2.24) is 9.88 Å². The highest BCUT2D eigenvalue weighted by atomic mass is 16.6. The third kappa shape index (κ3) is 2.65. The molecule has 1 aliphatic rings. The van der Waals surface area contributed by atoms with Crippen molar-refractivity contribution >= 4 is 0 Å². The molecule has 0 unspecified atom stereocenters. The summed E-state index contributed by atoms with van der Waals surface area (Å²) < 4.78 is 13.3.